The minimum atomic E-state index is -0.419. The highest BCUT2D eigenvalue weighted by Crippen LogP contribution is 2.25. The Morgan fingerprint density at radius 1 is 1.35 bits per heavy atom. The van der Waals surface area contributed by atoms with E-state index >= 15 is 0 Å². The molecule has 4 heterocycles. The fraction of sp³-hybridized carbons (Fsp3) is 0.300. The Morgan fingerprint density at radius 3 is 3.06 bits per heavy atom. The molecule has 1 aromatic carbocycles. The fourth-order valence-electron chi connectivity index (χ4n) is 3.64. The highest BCUT2D eigenvalue weighted by molar-refractivity contribution is 7.99. The largest absolute Gasteiger partial charge is 0.376 e. The molecule has 1 saturated heterocycles. The maximum atomic E-state index is 13.3. The predicted octanol–water partition coefficient (Wildman–Crippen LogP) is 3.15. The third kappa shape index (κ3) is 3.95. The molecule has 160 valence electrons. The SMILES string of the molecule is O=C(CSc1nnc2n(CC3CCCO3)c(=O)c3sccc3n12)Nc1cccc(F)c1. The molecule has 1 unspecified atom stereocenters. The Morgan fingerprint density at radius 2 is 2.26 bits per heavy atom. The molecule has 0 bridgehead atoms. The van der Waals surface area contributed by atoms with Crippen LogP contribution in [0.25, 0.3) is 16.0 Å². The van der Waals surface area contributed by atoms with E-state index in [4.69, 9.17) is 4.74 Å². The lowest BCUT2D eigenvalue weighted by Gasteiger charge is -2.13. The van der Waals surface area contributed by atoms with Crippen LogP contribution in [0.5, 0.6) is 0 Å². The number of ether oxygens (including phenoxy) is 1. The number of nitrogens with one attached hydrogen (secondary N) is 1. The highest BCUT2D eigenvalue weighted by Gasteiger charge is 2.22. The molecule has 11 heteroatoms. The molecule has 8 nitrogen and oxygen atoms in total. The van der Waals surface area contributed by atoms with Crippen LogP contribution in [0.1, 0.15) is 12.8 Å². The van der Waals surface area contributed by atoms with Gasteiger partial charge in [-0.25, -0.2) is 4.39 Å². The number of benzene rings is 1. The zero-order chi connectivity index (χ0) is 21.4. The average Bonchev–Trinajstić information content (AvgIpc) is 3.50. The van der Waals surface area contributed by atoms with Crippen LogP contribution in [-0.4, -0.2) is 43.5 Å². The van der Waals surface area contributed by atoms with E-state index in [-0.39, 0.29) is 23.3 Å². The lowest BCUT2D eigenvalue weighted by molar-refractivity contribution is -0.113. The van der Waals surface area contributed by atoms with Crippen molar-refractivity contribution in [3.63, 3.8) is 0 Å². The summed E-state index contributed by atoms with van der Waals surface area (Å²) in [6, 6.07) is 7.58. The molecule has 31 heavy (non-hydrogen) atoms. The van der Waals surface area contributed by atoms with Gasteiger partial charge in [-0.1, -0.05) is 17.8 Å². The molecule has 1 aliphatic rings. The first-order valence-electron chi connectivity index (χ1n) is 9.75. The van der Waals surface area contributed by atoms with E-state index in [0.29, 0.717) is 40.0 Å². The second kappa shape index (κ2) is 8.40. The number of aromatic nitrogens is 4. The van der Waals surface area contributed by atoms with Crippen LogP contribution < -0.4 is 10.9 Å². The van der Waals surface area contributed by atoms with Gasteiger partial charge in [0.1, 0.15) is 10.5 Å². The number of halogens is 1. The number of fused-ring (bicyclic) bond motifs is 3. The molecule has 5 rings (SSSR count). The molecule has 1 aliphatic heterocycles. The maximum absolute atomic E-state index is 13.3. The third-order valence-electron chi connectivity index (χ3n) is 5.03. The number of rotatable bonds is 6. The van der Waals surface area contributed by atoms with Crippen LogP contribution in [-0.2, 0) is 16.1 Å². The molecule has 3 aromatic heterocycles. The smallest absolute Gasteiger partial charge is 0.272 e. The quantitative estimate of drug-likeness (QED) is 0.446. The van der Waals surface area contributed by atoms with Crippen molar-refractivity contribution in [1.82, 2.24) is 19.2 Å². The fourth-order valence-corrected chi connectivity index (χ4v) is 5.21. The molecule has 1 N–H and O–H groups in total. The van der Waals surface area contributed by atoms with Crippen LogP contribution in [0.3, 0.4) is 0 Å². The number of thioether (sulfide) groups is 1. The van der Waals surface area contributed by atoms with Gasteiger partial charge < -0.3 is 10.1 Å². The molecule has 1 fully saturated rings. The van der Waals surface area contributed by atoms with Crippen LogP contribution in [0.2, 0.25) is 0 Å². The molecule has 0 saturated carbocycles. The van der Waals surface area contributed by atoms with Gasteiger partial charge in [-0.15, -0.1) is 21.5 Å². The zero-order valence-corrected chi connectivity index (χ0v) is 17.9. The van der Waals surface area contributed by atoms with Gasteiger partial charge in [0.25, 0.3) is 5.56 Å². The van der Waals surface area contributed by atoms with Crippen LogP contribution in [0, 0.1) is 5.82 Å². The first-order valence-corrected chi connectivity index (χ1v) is 11.6. The maximum Gasteiger partial charge on any atom is 0.272 e. The number of anilines is 1. The summed E-state index contributed by atoms with van der Waals surface area (Å²) < 4.78 is 23.1. The van der Waals surface area contributed by atoms with E-state index in [1.807, 2.05) is 15.8 Å². The minimum absolute atomic E-state index is 0.0243. The number of hydrogen-bond donors (Lipinski definition) is 1. The van der Waals surface area contributed by atoms with E-state index in [1.54, 1.807) is 10.6 Å². The van der Waals surface area contributed by atoms with Crippen molar-refractivity contribution in [2.45, 2.75) is 30.6 Å². The molecular weight excluding hydrogens is 441 g/mol. The molecule has 1 atom stereocenters. The lowest BCUT2D eigenvalue weighted by Crippen LogP contribution is -2.28. The topological polar surface area (TPSA) is 90.5 Å². The predicted molar refractivity (Wildman–Crippen MR) is 117 cm³/mol. The Kier molecular flexibility index (Phi) is 5.47. The van der Waals surface area contributed by atoms with Crippen molar-refractivity contribution in [1.29, 1.82) is 0 Å². The molecule has 0 aliphatic carbocycles. The summed E-state index contributed by atoms with van der Waals surface area (Å²) in [4.78, 5) is 25.4. The first-order chi connectivity index (χ1) is 15.1. The number of hydrogen-bond acceptors (Lipinski definition) is 7. The van der Waals surface area contributed by atoms with E-state index < -0.39 is 5.82 Å². The van der Waals surface area contributed by atoms with Gasteiger partial charge in [0.15, 0.2) is 5.16 Å². The minimum Gasteiger partial charge on any atom is -0.376 e. The van der Waals surface area contributed by atoms with Crippen molar-refractivity contribution < 1.29 is 13.9 Å². The van der Waals surface area contributed by atoms with Gasteiger partial charge in [0.05, 0.1) is 23.9 Å². The van der Waals surface area contributed by atoms with E-state index in [0.717, 1.165) is 12.8 Å². The molecule has 0 spiro atoms. The summed E-state index contributed by atoms with van der Waals surface area (Å²) in [6.45, 7) is 1.12. The Hall–Kier alpha value is -2.76. The van der Waals surface area contributed by atoms with Crippen molar-refractivity contribution in [3.8, 4) is 0 Å². The molecular formula is C20H18FN5O3S2. The summed E-state index contributed by atoms with van der Waals surface area (Å²) in [5, 5.41) is 13.5. The molecule has 1 amide bonds. The molecule has 0 radical (unpaired) electrons. The highest BCUT2D eigenvalue weighted by atomic mass is 32.2. The first kappa shape index (κ1) is 20.2. The summed E-state index contributed by atoms with van der Waals surface area (Å²) in [5.41, 5.74) is 0.995. The number of carbonyl (C=O) groups excluding carboxylic acids is 1. The van der Waals surface area contributed by atoms with Gasteiger partial charge in [0, 0.05) is 12.3 Å². The van der Waals surface area contributed by atoms with Crippen LogP contribution in [0.4, 0.5) is 10.1 Å². The number of carbonyl (C=O) groups is 1. The Balaban J connectivity index is 1.43. The number of thiophene rings is 1. The Labute approximate surface area is 184 Å². The van der Waals surface area contributed by atoms with E-state index in [2.05, 4.69) is 15.5 Å². The van der Waals surface area contributed by atoms with E-state index in [1.165, 1.54) is 41.3 Å². The number of nitrogens with zero attached hydrogens (tertiary/aromatic N) is 4. The van der Waals surface area contributed by atoms with Crippen molar-refractivity contribution in [2.75, 3.05) is 17.7 Å². The normalized spacial score (nSPS) is 16.4. The van der Waals surface area contributed by atoms with Crippen molar-refractivity contribution in [2.24, 2.45) is 0 Å². The van der Waals surface area contributed by atoms with Crippen molar-refractivity contribution >= 4 is 50.7 Å². The van der Waals surface area contributed by atoms with Gasteiger partial charge in [-0.2, -0.15) is 0 Å². The van der Waals surface area contributed by atoms with Gasteiger partial charge >= 0.3 is 0 Å². The number of amides is 1. The summed E-state index contributed by atoms with van der Waals surface area (Å²) in [7, 11) is 0. The Bertz CT molecular complexity index is 1330. The second-order valence-electron chi connectivity index (χ2n) is 7.15. The summed E-state index contributed by atoms with van der Waals surface area (Å²) >= 11 is 2.57. The van der Waals surface area contributed by atoms with Gasteiger partial charge in [-0.05, 0) is 42.5 Å². The summed E-state index contributed by atoms with van der Waals surface area (Å²) in [6.07, 6.45) is 1.85. The van der Waals surface area contributed by atoms with E-state index in [9.17, 15) is 14.0 Å². The lowest BCUT2D eigenvalue weighted by atomic mass is 10.2. The van der Waals surface area contributed by atoms with Crippen LogP contribution >= 0.6 is 23.1 Å². The monoisotopic (exact) mass is 459 g/mol. The van der Waals surface area contributed by atoms with Gasteiger partial charge in [0.2, 0.25) is 11.7 Å². The van der Waals surface area contributed by atoms with Crippen LogP contribution in [0.15, 0.2) is 45.7 Å². The third-order valence-corrected chi connectivity index (χ3v) is 6.85. The average molecular weight is 460 g/mol. The van der Waals surface area contributed by atoms with Gasteiger partial charge in [-0.3, -0.25) is 18.6 Å². The van der Waals surface area contributed by atoms with Crippen molar-refractivity contribution in [3.05, 3.63) is 51.9 Å². The second-order valence-corrected chi connectivity index (χ2v) is 9.01. The standard InChI is InChI=1S/C20H18FN5O3S2/c21-12-3-1-4-13(9-12)22-16(27)11-31-20-24-23-19-25(10-14-5-2-7-29-14)18(28)17-15(26(19)20)6-8-30-17/h1,3-4,6,8-9,14H,2,5,7,10-11H2,(H,22,27). The zero-order valence-electron chi connectivity index (χ0n) is 16.3. The molecule has 4 aromatic rings. The summed E-state index contributed by atoms with van der Waals surface area (Å²) in [5.74, 6) is -0.215.